The molecule has 10 heteroatoms. The fourth-order valence-electron chi connectivity index (χ4n) is 1.41. The van der Waals surface area contributed by atoms with Crippen LogP contribution in [0.3, 0.4) is 0 Å². The van der Waals surface area contributed by atoms with Gasteiger partial charge in [0, 0.05) is 27.3 Å². The first-order valence-corrected chi connectivity index (χ1v) is 7.49. The first kappa shape index (κ1) is 17.1. The van der Waals surface area contributed by atoms with Crippen molar-refractivity contribution in [1.82, 2.24) is 19.0 Å². The average Bonchev–Trinajstić information content (AvgIpc) is 2.85. The van der Waals surface area contributed by atoms with Crippen molar-refractivity contribution in [3.8, 4) is 0 Å². The number of aliphatic carboxylic acids is 1. The van der Waals surface area contributed by atoms with Gasteiger partial charge in [-0.2, -0.15) is 9.40 Å². The van der Waals surface area contributed by atoms with E-state index >= 15 is 0 Å². The minimum absolute atomic E-state index is 0.0746. The van der Waals surface area contributed by atoms with Gasteiger partial charge >= 0.3 is 5.97 Å². The molecule has 1 aromatic rings. The van der Waals surface area contributed by atoms with E-state index < -0.39 is 16.0 Å². The van der Waals surface area contributed by atoms with Crippen LogP contribution < -0.4 is 0 Å². The van der Waals surface area contributed by atoms with E-state index in [1.54, 1.807) is 0 Å². The summed E-state index contributed by atoms with van der Waals surface area (Å²) in [7, 11) is 0.536. The normalized spacial score (nSPS) is 11.6. The highest BCUT2D eigenvalue weighted by Gasteiger charge is 2.25. The highest BCUT2D eigenvalue weighted by molar-refractivity contribution is 7.89. The van der Waals surface area contributed by atoms with E-state index in [2.05, 4.69) is 5.10 Å². The van der Waals surface area contributed by atoms with Crippen LogP contribution in [0.4, 0.5) is 0 Å². The number of sulfonamides is 1. The molecule has 0 fully saturated rings. The Morgan fingerprint density at radius 3 is 2.48 bits per heavy atom. The van der Waals surface area contributed by atoms with Crippen LogP contribution in [0.15, 0.2) is 17.3 Å². The lowest BCUT2D eigenvalue weighted by atomic mass is 10.4. The van der Waals surface area contributed by atoms with Gasteiger partial charge in [0.05, 0.1) is 25.7 Å². The molecule has 0 bridgehead atoms. The summed E-state index contributed by atoms with van der Waals surface area (Å²) in [5.74, 6) is -1.34. The average molecular weight is 318 g/mol. The number of hydrogen-bond donors (Lipinski definition) is 1. The molecule has 21 heavy (non-hydrogen) atoms. The van der Waals surface area contributed by atoms with E-state index in [-0.39, 0.29) is 30.3 Å². The van der Waals surface area contributed by atoms with Crippen molar-refractivity contribution in [3.05, 3.63) is 12.4 Å². The van der Waals surface area contributed by atoms with Crippen LogP contribution in [0.2, 0.25) is 0 Å². The minimum atomic E-state index is -3.83. The summed E-state index contributed by atoms with van der Waals surface area (Å²) in [5.41, 5.74) is 0. The van der Waals surface area contributed by atoms with Crippen LogP contribution in [-0.2, 0) is 26.2 Å². The Balaban J connectivity index is 2.83. The first-order chi connectivity index (χ1) is 9.64. The first-order valence-electron chi connectivity index (χ1n) is 6.05. The van der Waals surface area contributed by atoms with E-state index in [9.17, 15) is 18.0 Å². The van der Waals surface area contributed by atoms with Gasteiger partial charge in [0.2, 0.25) is 15.9 Å². The summed E-state index contributed by atoms with van der Waals surface area (Å²) in [6.45, 7) is -0.208. The van der Waals surface area contributed by atoms with Crippen molar-refractivity contribution < 1.29 is 23.1 Å². The second-order valence-electron chi connectivity index (χ2n) is 4.63. The van der Waals surface area contributed by atoms with E-state index in [1.807, 2.05) is 0 Å². The van der Waals surface area contributed by atoms with Gasteiger partial charge in [0.15, 0.2) is 0 Å². The Bertz CT molecular complexity index is 622. The number of carboxylic acid groups (broad SMARTS) is 1. The second kappa shape index (κ2) is 6.68. The molecular weight excluding hydrogens is 300 g/mol. The number of carboxylic acids is 1. The van der Waals surface area contributed by atoms with Crippen molar-refractivity contribution in [2.45, 2.75) is 17.9 Å². The number of hydrogen-bond acceptors (Lipinski definition) is 5. The van der Waals surface area contributed by atoms with Crippen LogP contribution in [0.1, 0.15) is 6.42 Å². The van der Waals surface area contributed by atoms with Gasteiger partial charge in [-0.1, -0.05) is 0 Å². The molecule has 0 atom stereocenters. The molecule has 0 saturated carbocycles. The van der Waals surface area contributed by atoms with Crippen LogP contribution in [-0.4, -0.2) is 72.1 Å². The molecule has 9 nitrogen and oxygen atoms in total. The third-order valence-corrected chi connectivity index (χ3v) is 4.49. The fraction of sp³-hybridized carbons (Fsp3) is 0.545. The maximum Gasteiger partial charge on any atom is 0.305 e. The van der Waals surface area contributed by atoms with Crippen molar-refractivity contribution in [2.75, 3.05) is 27.7 Å². The molecule has 1 rings (SSSR count). The van der Waals surface area contributed by atoms with Crippen LogP contribution >= 0.6 is 0 Å². The van der Waals surface area contributed by atoms with Gasteiger partial charge in [0.1, 0.15) is 4.90 Å². The summed E-state index contributed by atoms with van der Waals surface area (Å²) in [4.78, 5) is 23.2. The van der Waals surface area contributed by atoms with Crippen LogP contribution in [0.25, 0.3) is 0 Å². The number of likely N-dealkylation sites (N-methyl/N-ethyl adjacent to an activating group) is 2. The molecule has 0 unspecified atom stereocenters. The van der Waals surface area contributed by atoms with Gasteiger partial charge in [-0.25, -0.2) is 8.42 Å². The maximum absolute atomic E-state index is 12.2. The lowest BCUT2D eigenvalue weighted by Gasteiger charge is -2.18. The van der Waals surface area contributed by atoms with E-state index in [4.69, 9.17) is 5.11 Å². The van der Waals surface area contributed by atoms with Gasteiger partial charge in [-0.15, -0.1) is 0 Å². The van der Waals surface area contributed by atoms with Crippen molar-refractivity contribution in [1.29, 1.82) is 0 Å². The summed E-state index contributed by atoms with van der Waals surface area (Å²) in [5, 5.41) is 12.4. The third kappa shape index (κ3) is 4.53. The summed E-state index contributed by atoms with van der Waals surface area (Å²) >= 11 is 0. The monoisotopic (exact) mass is 318 g/mol. The molecule has 0 aliphatic rings. The van der Waals surface area contributed by atoms with E-state index in [0.717, 1.165) is 10.5 Å². The minimum Gasteiger partial charge on any atom is -0.481 e. The predicted octanol–water partition coefficient (Wildman–Crippen LogP) is -0.933. The van der Waals surface area contributed by atoms with Gasteiger partial charge < -0.3 is 10.0 Å². The zero-order valence-electron chi connectivity index (χ0n) is 12.1. The maximum atomic E-state index is 12.2. The molecule has 0 aliphatic heterocycles. The lowest BCUT2D eigenvalue weighted by molar-refractivity contribution is -0.137. The molecule has 1 amide bonds. The van der Waals surface area contributed by atoms with E-state index in [1.165, 1.54) is 36.9 Å². The molecule has 1 N–H and O–H groups in total. The number of rotatable bonds is 7. The number of carbonyl (C=O) groups excluding carboxylic acids is 1. The molecule has 0 radical (unpaired) electrons. The molecule has 1 aromatic heterocycles. The summed E-state index contributed by atoms with van der Waals surface area (Å²) in [6.07, 6.45) is 2.22. The third-order valence-electron chi connectivity index (χ3n) is 2.73. The highest BCUT2D eigenvalue weighted by Crippen LogP contribution is 2.13. The lowest BCUT2D eigenvalue weighted by Crippen LogP contribution is -2.37. The number of amides is 1. The molecule has 1 heterocycles. The fourth-order valence-corrected chi connectivity index (χ4v) is 2.48. The van der Waals surface area contributed by atoms with Crippen molar-refractivity contribution >= 4 is 21.9 Å². The Morgan fingerprint density at radius 1 is 1.33 bits per heavy atom. The molecule has 0 aromatic carbocycles. The Morgan fingerprint density at radius 2 is 1.95 bits per heavy atom. The standard InChI is InChI=1S/C11H18N4O5S/c1-13(2)10(16)8-14(3)21(19,20)9-6-12-15(7-9)5-4-11(17)18/h6-7H,4-5,8H2,1-3H3,(H,17,18). The number of carbonyl (C=O) groups is 2. The summed E-state index contributed by atoms with van der Waals surface area (Å²) in [6, 6.07) is 0. The predicted molar refractivity (Wildman–Crippen MR) is 73.0 cm³/mol. The highest BCUT2D eigenvalue weighted by atomic mass is 32.2. The van der Waals surface area contributed by atoms with Crippen LogP contribution in [0.5, 0.6) is 0 Å². The molecular formula is C11H18N4O5S. The zero-order chi connectivity index (χ0) is 16.2. The SMILES string of the molecule is CN(C)C(=O)CN(C)S(=O)(=O)c1cnn(CCC(=O)O)c1. The van der Waals surface area contributed by atoms with Gasteiger partial charge in [-0.05, 0) is 0 Å². The van der Waals surface area contributed by atoms with Crippen molar-refractivity contribution in [2.24, 2.45) is 0 Å². The number of nitrogens with zero attached hydrogens (tertiary/aromatic N) is 4. The van der Waals surface area contributed by atoms with Crippen molar-refractivity contribution in [3.63, 3.8) is 0 Å². The largest absolute Gasteiger partial charge is 0.481 e. The number of aryl methyl sites for hydroxylation is 1. The Labute approximate surface area is 122 Å². The Hall–Kier alpha value is -1.94. The molecule has 0 aliphatic carbocycles. The molecule has 0 saturated heterocycles. The Kier molecular flexibility index (Phi) is 5.44. The molecule has 118 valence electrons. The van der Waals surface area contributed by atoms with Gasteiger partial charge in [0.25, 0.3) is 0 Å². The zero-order valence-corrected chi connectivity index (χ0v) is 12.9. The number of aromatic nitrogens is 2. The summed E-state index contributed by atoms with van der Waals surface area (Å²) < 4.78 is 26.6. The second-order valence-corrected chi connectivity index (χ2v) is 6.68. The topological polar surface area (TPSA) is 113 Å². The van der Waals surface area contributed by atoms with Crippen LogP contribution in [0, 0.1) is 0 Å². The van der Waals surface area contributed by atoms with E-state index in [0.29, 0.717) is 0 Å². The quantitative estimate of drug-likeness (QED) is 0.695. The molecule has 0 spiro atoms. The smallest absolute Gasteiger partial charge is 0.305 e. The van der Waals surface area contributed by atoms with Gasteiger partial charge in [-0.3, -0.25) is 14.3 Å².